The third-order valence-electron chi connectivity index (χ3n) is 2.67. The van der Waals surface area contributed by atoms with Crippen molar-refractivity contribution in [2.24, 2.45) is 11.7 Å². The van der Waals surface area contributed by atoms with E-state index < -0.39 is 41.2 Å². The molecule has 0 spiro atoms. The zero-order chi connectivity index (χ0) is 17.2. The minimum absolute atomic E-state index is 0.451. The van der Waals surface area contributed by atoms with Gasteiger partial charge >= 0.3 is 12.1 Å². The molecule has 0 aliphatic heterocycles. The van der Waals surface area contributed by atoms with Crippen molar-refractivity contribution < 1.29 is 27.5 Å². The quantitative estimate of drug-likeness (QED) is 0.775. The number of carbonyl (C=O) groups is 2. The number of carbonyl (C=O) groups excluding carboxylic acids is 2. The Balaban J connectivity index is 5.13. The molecule has 0 aromatic rings. The van der Waals surface area contributed by atoms with E-state index in [0.717, 1.165) is 0 Å². The van der Waals surface area contributed by atoms with Gasteiger partial charge in [-0.3, -0.25) is 4.79 Å². The Hall–Kier alpha value is -1.31. The summed E-state index contributed by atoms with van der Waals surface area (Å²) in [6, 6.07) is -1.21. The number of rotatable bonds is 4. The van der Waals surface area contributed by atoms with Crippen LogP contribution in [0.5, 0.6) is 0 Å². The van der Waals surface area contributed by atoms with E-state index in [0.29, 0.717) is 6.92 Å². The second kappa shape index (κ2) is 6.21. The number of esters is 1. The molecule has 3 N–H and O–H groups in total. The second-order valence-electron chi connectivity index (χ2n) is 6.43. The van der Waals surface area contributed by atoms with Gasteiger partial charge in [0, 0.05) is 0 Å². The average molecular weight is 312 g/mol. The molecule has 2 atom stereocenters. The zero-order valence-corrected chi connectivity index (χ0v) is 13.1. The van der Waals surface area contributed by atoms with Crippen LogP contribution < -0.4 is 11.1 Å². The van der Waals surface area contributed by atoms with E-state index in [4.69, 9.17) is 10.5 Å². The summed E-state index contributed by atoms with van der Waals surface area (Å²) in [6.45, 7) is 8.56. The lowest BCUT2D eigenvalue weighted by molar-refractivity contribution is -0.189. The summed E-state index contributed by atoms with van der Waals surface area (Å²) in [6.07, 6.45) is -4.92. The highest BCUT2D eigenvalue weighted by molar-refractivity contribution is 5.91. The monoisotopic (exact) mass is 312 g/mol. The van der Waals surface area contributed by atoms with E-state index in [1.165, 1.54) is 0 Å². The minimum Gasteiger partial charge on any atom is -0.458 e. The lowest BCUT2D eigenvalue weighted by Gasteiger charge is -2.31. The van der Waals surface area contributed by atoms with Crippen LogP contribution in [0.25, 0.3) is 0 Å². The first kappa shape index (κ1) is 19.7. The normalized spacial score (nSPS) is 17.1. The summed E-state index contributed by atoms with van der Waals surface area (Å²) >= 11 is 0. The van der Waals surface area contributed by atoms with E-state index >= 15 is 0 Å². The summed E-state index contributed by atoms with van der Waals surface area (Å²) in [5.41, 5.74) is 1.13. The van der Waals surface area contributed by atoms with Gasteiger partial charge in [-0.1, -0.05) is 13.8 Å². The summed E-state index contributed by atoms with van der Waals surface area (Å²) in [5, 5.41) is 2.03. The predicted octanol–water partition coefficient (Wildman–Crippen LogP) is 1.75. The molecule has 0 bridgehead atoms. The van der Waals surface area contributed by atoms with Crippen molar-refractivity contribution in [2.45, 2.75) is 64.9 Å². The molecular formula is C13H23F3N2O3. The molecule has 5 nitrogen and oxygen atoms in total. The predicted molar refractivity (Wildman–Crippen MR) is 71.3 cm³/mol. The summed E-state index contributed by atoms with van der Waals surface area (Å²) in [7, 11) is 0. The van der Waals surface area contributed by atoms with Crippen molar-refractivity contribution in [1.82, 2.24) is 5.32 Å². The van der Waals surface area contributed by atoms with Crippen molar-refractivity contribution in [3.63, 3.8) is 0 Å². The maximum absolute atomic E-state index is 12.7. The van der Waals surface area contributed by atoms with Gasteiger partial charge in [0.2, 0.25) is 5.91 Å². The highest BCUT2D eigenvalue weighted by Crippen LogP contribution is 2.28. The SMILES string of the molecule is CC(C)[C@H](NC(=O)[C@](C)(N)C(F)(F)F)C(=O)OC(C)(C)C. The smallest absolute Gasteiger partial charge is 0.415 e. The lowest BCUT2D eigenvalue weighted by atomic mass is 9.98. The van der Waals surface area contributed by atoms with E-state index in [2.05, 4.69) is 0 Å². The van der Waals surface area contributed by atoms with Crippen LogP contribution in [-0.4, -0.2) is 35.2 Å². The number of nitrogens with two attached hydrogens (primary N) is 1. The standard InChI is InChI=1S/C13H23F3N2O3/c1-7(2)8(9(19)21-11(3,4)5)18-10(20)12(6,17)13(14,15)16/h7-8H,17H2,1-6H3,(H,18,20)/t8-,12-/m0/s1. The Morgan fingerprint density at radius 1 is 1.10 bits per heavy atom. The Morgan fingerprint density at radius 2 is 1.52 bits per heavy atom. The van der Waals surface area contributed by atoms with Gasteiger partial charge in [-0.05, 0) is 33.6 Å². The van der Waals surface area contributed by atoms with Crippen LogP contribution >= 0.6 is 0 Å². The molecular weight excluding hydrogens is 289 g/mol. The van der Waals surface area contributed by atoms with Crippen LogP contribution in [-0.2, 0) is 14.3 Å². The summed E-state index contributed by atoms with van der Waals surface area (Å²) in [5.74, 6) is -2.73. The van der Waals surface area contributed by atoms with Gasteiger partial charge in [0.05, 0.1) is 0 Å². The Kier molecular flexibility index (Phi) is 5.82. The van der Waals surface area contributed by atoms with E-state index in [1.54, 1.807) is 34.6 Å². The maximum Gasteiger partial charge on any atom is 0.415 e. The molecule has 1 amide bonds. The van der Waals surface area contributed by atoms with E-state index in [1.807, 2.05) is 5.32 Å². The first-order valence-electron chi connectivity index (χ1n) is 6.49. The number of hydrogen-bond acceptors (Lipinski definition) is 4. The van der Waals surface area contributed by atoms with Crippen molar-refractivity contribution in [3.8, 4) is 0 Å². The van der Waals surface area contributed by atoms with Crippen molar-refractivity contribution in [2.75, 3.05) is 0 Å². The number of alkyl halides is 3. The van der Waals surface area contributed by atoms with Gasteiger partial charge in [0.15, 0.2) is 5.54 Å². The topological polar surface area (TPSA) is 81.4 Å². The fourth-order valence-corrected chi connectivity index (χ4v) is 1.28. The molecule has 0 radical (unpaired) electrons. The maximum atomic E-state index is 12.7. The first-order chi connectivity index (χ1) is 9.09. The van der Waals surface area contributed by atoms with Crippen molar-refractivity contribution in [3.05, 3.63) is 0 Å². The Labute approximate surface area is 122 Å². The lowest BCUT2D eigenvalue weighted by Crippen LogP contribution is -2.64. The third-order valence-corrected chi connectivity index (χ3v) is 2.67. The van der Waals surface area contributed by atoms with Gasteiger partial charge in [0.1, 0.15) is 11.6 Å². The molecule has 0 aliphatic rings. The molecule has 8 heteroatoms. The van der Waals surface area contributed by atoms with Crippen LogP contribution in [0.1, 0.15) is 41.5 Å². The van der Waals surface area contributed by atoms with Crippen LogP contribution in [0, 0.1) is 5.92 Å². The largest absolute Gasteiger partial charge is 0.458 e. The van der Waals surface area contributed by atoms with Gasteiger partial charge < -0.3 is 15.8 Å². The highest BCUT2D eigenvalue weighted by atomic mass is 19.4. The number of amides is 1. The van der Waals surface area contributed by atoms with E-state index in [9.17, 15) is 22.8 Å². The van der Waals surface area contributed by atoms with Crippen molar-refractivity contribution >= 4 is 11.9 Å². The van der Waals surface area contributed by atoms with Crippen LogP contribution in [0.3, 0.4) is 0 Å². The van der Waals surface area contributed by atoms with E-state index in [-0.39, 0.29) is 0 Å². The fraction of sp³-hybridized carbons (Fsp3) is 0.846. The van der Waals surface area contributed by atoms with Crippen LogP contribution in [0.4, 0.5) is 13.2 Å². The third kappa shape index (κ3) is 5.53. The van der Waals surface area contributed by atoms with Crippen LogP contribution in [0.2, 0.25) is 0 Å². The Bertz CT molecular complexity index is 398. The molecule has 0 aliphatic carbocycles. The Morgan fingerprint density at radius 3 is 1.81 bits per heavy atom. The summed E-state index contributed by atoms with van der Waals surface area (Å²) in [4.78, 5) is 23.7. The van der Waals surface area contributed by atoms with Gasteiger partial charge in [-0.15, -0.1) is 0 Å². The molecule has 0 heterocycles. The summed E-state index contributed by atoms with van der Waals surface area (Å²) < 4.78 is 43.2. The molecule has 0 saturated heterocycles. The number of halogens is 3. The van der Waals surface area contributed by atoms with Gasteiger partial charge in [-0.25, -0.2) is 4.79 Å². The van der Waals surface area contributed by atoms with Crippen LogP contribution in [0.15, 0.2) is 0 Å². The fourth-order valence-electron chi connectivity index (χ4n) is 1.28. The average Bonchev–Trinajstić information content (AvgIpc) is 2.20. The number of hydrogen-bond donors (Lipinski definition) is 2. The first-order valence-corrected chi connectivity index (χ1v) is 6.49. The molecule has 0 rings (SSSR count). The molecule has 124 valence electrons. The zero-order valence-electron chi connectivity index (χ0n) is 13.1. The van der Waals surface area contributed by atoms with Crippen molar-refractivity contribution in [1.29, 1.82) is 0 Å². The van der Waals surface area contributed by atoms with Gasteiger partial charge in [0.25, 0.3) is 0 Å². The molecule has 0 aromatic heterocycles. The number of nitrogens with one attached hydrogen (secondary N) is 1. The minimum atomic E-state index is -4.92. The molecule has 0 unspecified atom stereocenters. The number of ether oxygens (including phenoxy) is 1. The van der Waals surface area contributed by atoms with Gasteiger partial charge in [-0.2, -0.15) is 13.2 Å². The highest BCUT2D eigenvalue weighted by Gasteiger charge is 2.54. The molecule has 21 heavy (non-hydrogen) atoms. The molecule has 0 fully saturated rings. The second-order valence-corrected chi connectivity index (χ2v) is 6.43. The molecule has 0 aromatic carbocycles. The molecule has 0 saturated carbocycles.